The predicted molar refractivity (Wildman–Crippen MR) is 66.7 cm³/mol. The highest BCUT2D eigenvalue weighted by Crippen LogP contribution is 2.25. The number of nitrogens with one attached hydrogen (secondary N) is 1. The second kappa shape index (κ2) is 4.72. The fraction of sp³-hybridized carbons (Fsp3) is 0.200. The normalized spacial score (nSPS) is 10.5. The van der Waals surface area contributed by atoms with Crippen molar-refractivity contribution in [2.75, 3.05) is 10.6 Å². The Morgan fingerprint density at radius 3 is 3.00 bits per heavy atom. The van der Waals surface area contributed by atoms with Crippen molar-refractivity contribution in [3.05, 3.63) is 24.3 Å². The van der Waals surface area contributed by atoms with Gasteiger partial charge in [0.2, 0.25) is 5.91 Å². The van der Waals surface area contributed by atoms with Gasteiger partial charge in [0, 0.05) is 11.8 Å². The van der Waals surface area contributed by atoms with Gasteiger partial charge in [-0.15, -0.1) is 0 Å². The number of carbonyl (C=O) groups excluding carboxylic acids is 1. The van der Waals surface area contributed by atoms with Crippen molar-refractivity contribution in [3.8, 4) is 0 Å². The van der Waals surface area contributed by atoms with E-state index in [0.717, 1.165) is 10.2 Å². The number of hydrogen-bond donors (Lipinski definition) is 1. The molecule has 15 heavy (non-hydrogen) atoms. The van der Waals surface area contributed by atoms with Crippen LogP contribution in [0.25, 0.3) is 10.2 Å². The van der Waals surface area contributed by atoms with Gasteiger partial charge in [0.05, 0.1) is 10.2 Å². The van der Waals surface area contributed by atoms with E-state index in [1.54, 1.807) is 0 Å². The Balaban J connectivity index is 2.18. The van der Waals surface area contributed by atoms with Crippen LogP contribution in [0.2, 0.25) is 0 Å². The van der Waals surface area contributed by atoms with E-state index < -0.39 is 0 Å². The fourth-order valence-corrected chi connectivity index (χ4v) is 2.44. The van der Waals surface area contributed by atoms with Gasteiger partial charge in [-0.1, -0.05) is 39.4 Å². The number of halogens is 1. The van der Waals surface area contributed by atoms with Crippen molar-refractivity contribution >= 4 is 48.5 Å². The van der Waals surface area contributed by atoms with Crippen molar-refractivity contribution in [3.63, 3.8) is 0 Å². The minimum atomic E-state index is -0.00840. The summed E-state index contributed by atoms with van der Waals surface area (Å²) < 4.78 is 1.09. The summed E-state index contributed by atoms with van der Waals surface area (Å²) in [6, 6.07) is 7.83. The number of aromatic nitrogens is 1. The van der Waals surface area contributed by atoms with Gasteiger partial charge >= 0.3 is 0 Å². The van der Waals surface area contributed by atoms with Crippen molar-refractivity contribution < 1.29 is 4.79 Å². The monoisotopic (exact) mass is 284 g/mol. The molecular weight excluding hydrogens is 276 g/mol. The second-order valence-electron chi connectivity index (χ2n) is 2.97. The lowest BCUT2D eigenvalue weighted by Gasteiger charge is -1.96. The molecule has 1 aromatic carbocycles. The number of alkyl halides is 1. The molecule has 0 aliphatic rings. The molecule has 0 bridgehead atoms. The fourth-order valence-electron chi connectivity index (χ4n) is 1.19. The maximum Gasteiger partial charge on any atom is 0.226 e. The lowest BCUT2D eigenvalue weighted by Crippen LogP contribution is -2.11. The van der Waals surface area contributed by atoms with Gasteiger partial charge in [-0.2, -0.15) is 0 Å². The van der Waals surface area contributed by atoms with E-state index in [1.165, 1.54) is 11.3 Å². The van der Waals surface area contributed by atoms with Crippen molar-refractivity contribution in [1.29, 1.82) is 0 Å². The zero-order chi connectivity index (χ0) is 10.7. The lowest BCUT2D eigenvalue weighted by atomic mass is 10.3. The molecule has 5 heteroatoms. The molecule has 0 spiro atoms. The summed E-state index contributed by atoms with van der Waals surface area (Å²) in [5.41, 5.74) is 0.927. The predicted octanol–water partition coefficient (Wildman–Crippen LogP) is 3.02. The van der Waals surface area contributed by atoms with E-state index in [9.17, 15) is 4.79 Å². The van der Waals surface area contributed by atoms with Crippen molar-refractivity contribution in [1.82, 2.24) is 4.98 Å². The zero-order valence-electron chi connectivity index (χ0n) is 7.87. The van der Waals surface area contributed by atoms with Gasteiger partial charge in [-0.25, -0.2) is 4.98 Å². The highest BCUT2D eigenvalue weighted by molar-refractivity contribution is 9.09. The first-order chi connectivity index (χ1) is 7.29. The molecule has 78 valence electrons. The molecule has 0 unspecified atom stereocenters. The van der Waals surface area contributed by atoms with Crippen LogP contribution >= 0.6 is 27.3 Å². The van der Waals surface area contributed by atoms with E-state index in [1.807, 2.05) is 24.3 Å². The molecule has 3 nitrogen and oxygen atoms in total. The van der Waals surface area contributed by atoms with E-state index in [-0.39, 0.29) is 5.91 Å². The largest absolute Gasteiger partial charge is 0.302 e. The van der Waals surface area contributed by atoms with E-state index in [2.05, 4.69) is 26.2 Å². The minimum absolute atomic E-state index is 0.00840. The number of benzene rings is 1. The summed E-state index contributed by atoms with van der Waals surface area (Å²) in [6.07, 6.45) is 0.468. The molecule has 0 radical (unpaired) electrons. The van der Waals surface area contributed by atoms with E-state index in [4.69, 9.17) is 0 Å². The van der Waals surface area contributed by atoms with E-state index >= 15 is 0 Å². The summed E-state index contributed by atoms with van der Waals surface area (Å²) in [5, 5.41) is 4.11. The smallest absolute Gasteiger partial charge is 0.226 e. The highest BCUT2D eigenvalue weighted by atomic mass is 79.9. The van der Waals surface area contributed by atoms with Gasteiger partial charge in [-0.05, 0) is 12.1 Å². The minimum Gasteiger partial charge on any atom is -0.302 e. The molecule has 1 heterocycles. The number of fused-ring (bicyclic) bond motifs is 1. The second-order valence-corrected chi connectivity index (χ2v) is 4.80. The third-order valence-electron chi connectivity index (χ3n) is 1.86. The van der Waals surface area contributed by atoms with Gasteiger partial charge in [0.25, 0.3) is 0 Å². The molecule has 2 aromatic rings. The van der Waals surface area contributed by atoms with Gasteiger partial charge in [0.1, 0.15) is 0 Å². The maximum absolute atomic E-state index is 11.3. The summed E-state index contributed by atoms with van der Waals surface area (Å²) in [4.78, 5) is 15.6. The Morgan fingerprint density at radius 2 is 2.27 bits per heavy atom. The summed E-state index contributed by atoms with van der Waals surface area (Å²) in [6.45, 7) is 0. The first kappa shape index (κ1) is 10.6. The van der Waals surface area contributed by atoms with Crippen LogP contribution in [0.3, 0.4) is 0 Å². The standard InChI is InChI=1S/C10H9BrN2OS/c11-6-5-9(14)13-10-12-7-3-1-2-4-8(7)15-10/h1-4H,5-6H2,(H,12,13,14). The Morgan fingerprint density at radius 1 is 1.47 bits per heavy atom. The average Bonchev–Trinajstić information content (AvgIpc) is 2.59. The molecule has 1 amide bonds. The number of anilines is 1. The molecule has 1 N–H and O–H groups in total. The third-order valence-corrected chi connectivity index (χ3v) is 3.21. The Kier molecular flexibility index (Phi) is 3.33. The third kappa shape index (κ3) is 2.54. The van der Waals surface area contributed by atoms with Crippen LogP contribution in [0.15, 0.2) is 24.3 Å². The zero-order valence-corrected chi connectivity index (χ0v) is 10.3. The number of hydrogen-bond acceptors (Lipinski definition) is 3. The maximum atomic E-state index is 11.3. The van der Waals surface area contributed by atoms with Crippen molar-refractivity contribution in [2.45, 2.75) is 6.42 Å². The molecule has 0 saturated heterocycles. The molecule has 0 aliphatic carbocycles. The number of thiazole rings is 1. The highest BCUT2D eigenvalue weighted by Gasteiger charge is 2.06. The molecule has 0 aliphatic heterocycles. The number of amides is 1. The topological polar surface area (TPSA) is 42.0 Å². The van der Waals surface area contributed by atoms with E-state index in [0.29, 0.717) is 16.9 Å². The number of rotatable bonds is 3. The molecule has 0 saturated carbocycles. The molecule has 1 aromatic heterocycles. The van der Waals surface area contributed by atoms with Crippen LogP contribution in [-0.4, -0.2) is 16.2 Å². The molecular formula is C10H9BrN2OS. The van der Waals surface area contributed by atoms with Crippen LogP contribution in [-0.2, 0) is 4.79 Å². The SMILES string of the molecule is O=C(CCBr)Nc1nc2ccccc2s1. The summed E-state index contributed by atoms with van der Waals surface area (Å²) >= 11 is 4.71. The number of nitrogens with zero attached hydrogens (tertiary/aromatic N) is 1. The van der Waals surface area contributed by atoms with Gasteiger partial charge in [-0.3, -0.25) is 4.79 Å². The van der Waals surface area contributed by atoms with Crippen LogP contribution < -0.4 is 5.32 Å². The van der Waals surface area contributed by atoms with Crippen LogP contribution in [0, 0.1) is 0 Å². The van der Waals surface area contributed by atoms with Crippen molar-refractivity contribution in [2.24, 2.45) is 0 Å². The van der Waals surface area contributed by atoms with Crippen LogP contribution in [0.4, 0.5) is 5.13 Å². The van der Waals surface area contributed by atoms with Gasteiger partial charge in [0.15, 0.2) is 5.13 Å². The molecule has 0 atom stereocenters. The quantitative estimate of drug-likeness (QED) is 0.881. The average molecular weight is 285 g/mol. The van der Waals surface area contributed by atoms with Gasteiger partial charge < -0.3 is 5.32 Å². The number of para-hydroxylation sites is 1. The Labute approximate surface area is 99.6 Å². The number of carbonyl (C=O) groups is 1. The lowest BCUT2D eigenvalue weighted by molar-refractivity contribution is -0.115. The summed E-state index contributed by atoms with van der Waals surface area (Å²) in [7, 11) is 0. The first-order valence-electron chi connectivity index (χ1n) is 4.51. The first-order valence-corrected chi connectivity index (χ1v) is 6.45. The Bertz CT molecular complexity index is 450. The van der Waals surface area contributed by atoms with Crippen LogP contribution in [0.1, 0.15) is 6.42 Å². The van der Waals surface area contributed by atoms with Crippen LogP contribution in [0.5, 0.6) is 0 Å². The summed E-state index contributed by atoms with van der Waals surface area (Å²) in [5.74, 6) is -0.00840. The molecule has 2 rings (SSSR count). The Hall–Kier alpha value is -0.940. The molecule has 0 fully saturated rings.